The van der Waals surface area contributed by atoms with E-state index in [1.807, 2.05) is 31.6 Å². The summed E-state index contributed by atoms with van der Waals surface area (Å²) in [4.78, 5) is 20.0. The quantitative estimate of drug-likeness (QED) is 0.312. The molecule has 1 saturated heterocycles. The third kappa shape index (κ3) is 6.63. The molecule has 26 heavy (non-hydrogen) atoms. The predicted octanol–water partition coefficient (Wildman–Crippen LogP) is 1.46. The molecule has 1 aromatic rings. The zero-order chi connectivity index (χ0) is 18.6. The van der Waals surface area contributed by atoms with Crippen LogP contribution in [0.3, 0.4) is 0 Å². The number of guanidine groups is 1. The van der Waals surface area contributed by atoms with Gasteiger partial charge in [0, 0.05) is 65.8 Å². The van der Waals surface area contributed by atoms with E-state index in [4.69, 9.17) is 0 Å². The summed E-state index contributed by atoms with van der Waals surface area (Å²) in [5.41, 5.74) is 0. The number of aromatic nitrogens is 2. The molecular weight excluding hydrogens is 326 g/mol. The fraction of sp³-hybridized carbons (Fsp3) is 0.632. The Morgan fingerprint density at radius 3 is 2.65 bits per heavy atom. The van der Waals surface area contributed by atoms with Crippen LogP contribution in [0.1, 0.15) is 19.3 Å². The average molecular weight is 360 g/mol. The number of hydrogen-bond acceptors (Lipinski definition) is 5. The van der Waals surface area contributed by atoms with Gasteiger partial charge in [-0.3, -0.25) is 9.89 Å². The summed E-state index contributed by atoms with van der Waals surface area (Å²) in [6, 6.07) is 1.86. The molecule has 7 nitrogen and oxygen atoms in total. The SMILES string of the molecule is C=CCCCN(C)C(=NC)NCCCN1CCN(c2ncccn2)CC1. The van der Waals surface area contributed by atoms with Gasteiger partial charge in [-0.2, -0.15) is 0 Å². The molecule has 1 aliphatic rings. The van der Waals surface area contributed by atoms with Gasteiger partial charge in [0.05, 0.1) is 0 Å². The van der Waals surface area contributed by atoms with Crippen molar-refractivity contribution in [3.8, 4) is 0 Å². The Hall–Kier alpha value is -2.15. The van der Waals surface area contributed by atoms with Crippen LogP contribution in [0.4, 0.5) is 5.95 Å². The fourth-order valence-electron chi connectivity index (χ4n) is 3.09. The molecule has 1 N–H and O–H groups in total. The van der Waals surface area contributed by atoms with E-state index in [2.05, 4.69) is 48.6 Å². The van der Waals surface area contributed by atoms with E-state index in [0.717, 1.165) is 77.0 Å². The Labute approximate surface area is 157 Å². The van der Waals surface area contributed by atoms with Gasteiger partial charge in [0.25, 0.3) is 0 Å². The number of anilines is 1. The largest absolute Gasteiger partial charge is 0.356 e. The van der Waals surface area contributed by atoms with Crippen molar-refractivity contribution in [3.05, 3.63) is 31.1 Å². The smallest absolute Gasteiger partial charge is 0.225 e. The Bertz CT molecular complexity index is 538. The molecule has 2 heterocycles. The van der Waals surface area contributed by atoms with Crippen LogP contribution in [0.25, 0.3) is 0 Å². The van der Waals surface area contributed by atoms with Gasteiger partial charge in [-0.1, -0.05) is 6.08 Å². The lowest BCUT2D eigenvalue weighted by Gasteiger charge is -2.34. The molecular formula is C19H33N7. The molecule has 0 unspecified atom stereocenters. The Morgan fingerprint density at radius 1 is 1.27 bits per heavy atom. The summed E-state index contributed by atoms with van der Waals surface area (Å²) >= 11 is 0. The molecule has 144 valence electrons. The first kappa shape index (κ1) is 20.2. The molecule has 0 spiro atoms. The number of piperazine rings is 1. The minimum Gasteiger partial charge on any atom is -0.356 e. The molecule has 0 amide bonds. The monoisotopic (exact) mass is 359 g/mol. The van der Waals surface area contributed by atoms with E-state index >= 15 is 0 Å². The van der Waals surface area contributed by atoms with E-state index in [1.54, 1.807) is 0 Å². The van der Waals surface area contributed by atoms with E-state index in [-0.39, 0.29) is 0 Å². The first-order valence-electron chi connectivity index (χ1n) is 9.51. The Morgan fingerprint density at radius 2 is 2.00 bits per heavy atom. The normalized spacial score (nSPS) is 15.8. The van der Waals surface area contributed by atoms with Crippen LogP contribution in [-0.2, 0) is 0 Å². The third-order valence-electron chi connectivity index (χ3n) is 4.62. The van der Waals surface area contributed by atoms with Crippen LogP contribution in [0, 0.1) is 0 Å². The van der Waals surface area contributed by atoms with Gasteiger partial charge in [0.15, 0.2) is 5.96 Å². The van der Waals surface area contributed by atoms with Crippen LogP contribution < -0.4 is 10.2 Å². The number of aliphatic imine (C=N–C) groups is 1. The van der Waals surface area contributed by atoms with Crippen LogP contribution in [0.15, 0.2) is 36.1 Å². The topological polar surface area (TPSA) is 59.9 Å². The van der Waals surface area contributed by atoms with Gasteiger partial charge in [-0.05, 0) is 31.9 Å². The third-order valence-corrected chi connectivity index (χ3v) is 4.62. The van der Waals surface area contributed by atoms with E-state index in [1.165, 1.54) is 0 Å². The second-order valence-corrected chi connectivity index (χ2v) is 6.56. The molecule has 0 atom stereocenters. The molecule has 0 aromatic carbocycles. The molecule has 0 radical (unpaired) electrons. The molecule has 2 rings (SSSR count). The van der Waals surface area contributed by atoms with Gasteiger partial charge < -0.3 is 15.1 Å². The van der Waals surface area contributed by atoms with Crippen LogP contribution in [0.2, 0.25) is 0 Å². The lowest BCUT2D eigenvalue weighted by Crippen LogP contribution is -2.47. The number of nitrogens with one attached hydrogen (secondary N) is 1. The molecule has 0 bridgehead atoms. The second-order valence-electron chi connectivity index (χ2n) is 6.56. The predicted molar refractivity (Wildman–Crippen MR) is 109 cm³/mol. The standard InChI is InChI=1S/C19H33N7/c1-4-5-6-12-24(3)18(20-2)21-11-8-13-25-14-16-26(17-15-25)19-22-9-7-10-23-19/h4,7,9-10H,1,5-6,8,11-17H2,2-3H3,(H,20,21). The van der Waals surface area contributed by atoms with E-state index in [9.17, 15) is 0 Å². The van der Waals surface area contributed by atoms with E-state index < -0.39 is 0 Å². The summed E-state index contributed by atoms with van der Waals surface area (Å²) in [5.74, 6) is 1.82. The summed E-state index contributed by atoms with van der Waals surface area (Å²) in [6.07, 6.45) is 8.84. The first-order chi connectivity index (χ1) is 12.7. The molecule has 7 heteroatoms. The molecule has 0 aliphatic carbocycles. The minimum atomic E-state index is 0.845. The lowest BCUT2D eigenvalue weighted by atomic mass is 10.3. The molecule has 1 fully saturated rings. The highest BCUT2D eigenvalue weighted by Crippen LogP contribution is 2.09. The molecule has 1 aromatic heterocycles. The highest BCUT2D eigenvalue weighted by Gasteiger charge is 2.18. The second kappa shape index (κ2) is 11.5. The van der Waals surface area contributed by atoms with Crippen molar-refractivity contribution in [2.75, 3.05) is 64.8 Å². The van der Waals surface area contributed by atoms with Crippen LogP contribution >= 0.6 is 0 Å². The van der Waals surface area contributed by atoms with E-state index in [0.29, 0.717) is 0 Å². The Balaban J connectivity index is 1.60. The van der Waals surface area contributed by atoms with Crippen molar-refractivity contribution in [3.63, 3.8) is 0 Å². The van der Waals surface area contributed by atoms with Gasteiger partial charge >= 0.3 is 0 Å². The maximum atomic E-state index is 4.37. The highest BCUT2D eigenvalue weighted by molar-refractivity contribution is 5.79. The number of hydrogen-bond donors (Lipinski definition) is 1. The molecule has 1 aliphatic heterocycles. The van der Waals surface area contributed by atoms with Crippen molar-refractivity contribution < 1.29 is 0 Å². The maximum absolute atomic E-state index is 4.37. The number of rotatable bonds is 9. The maximum Gasteiger partial charge on any atom is 0.225 e. The van der Waals surface area contributed by atoms with Gasteiger partial charge in [0.2, 0.25) is 5.95 Å². The zero-order valence-corrected chi connectivity index (χ0v) is 16.3. The summed E-state index contributed by atoms with van der Waals surface area (Å²) < 4.78 is 0. The van der Waals surface area contributed by atoms with Crippen molar-refractivity contribution in [1.82, 2.24) is 25.1 Å². The Kier molecular flexibility index (Phi) is 8.89. The summed E-state index contributed by atoms with van der Waals surface area (Å²) in [7, 11) is 3.93. The van der Waals surface area contributed by atoms with Crippen LogP contribution in [-0.4, -0.2) is 85.6 Å². The van der Waals surface area contributed by atoms with Crippen molar-refractivity contribution >= 4 is 11.9 Å². The number of allylic oxidation sites excluding steroid dienone is 1. The molecule has 0 saturated carbocycles. The van der Waals surface area contributed by atoms with Crippen molar-refractivity contribution in [2.45, 2.75) is 19.3 Å². The lowest BCUT2D eigenvalue weighted by molar-refractivity contribution is 0.254. The van der Waals surface area contributed by atoms with Crippen molar-refractivity contribution in [2.24, 2.45) is 4.99 Å². The average Bonchev–Trinajstić information content (AvgIpc) is 2.69. The number of nitrogens with zero attached hydrogens (tertiary/aromatic N) is 6. The minimum absolute atomic E-state index is 0.845. The number of unbranched alkanes of at least 4 members (excludes halogenated alkanes) is 1. The first-order valence-corrected chi connectivity index (χ1v) is 9.51. The summed E-state index contributed by atoms with van der Waals surface area (Å²) in [5, 5.41) is 3.46. The van der Waals surface area contributed by atoms with Crippen molar-refractivity contribution in [1.29, 1.82) is 0 Å². The van der Waals surface area contributed by atoms with Gasteiger partial charge in [-0.15, -0.1) is 6.58 Å². The van der Waals surface area contributed by atoms with Crippen LogP contribution in [0.5, 0.6) is 0 Å². The zero-order valence-electron chi connectivity index (χ0n) is 16.3. The van der Waals surface area contributed by atoms with Gasteiger partial charge in [0.1, 0.15) is 0 Å². The summed E-state index contributed by atoms with van der Waals surface area (Å²) in [6.45, 7) is 10.9. The fourth-order valence-corrected chi connectivity index (χ4v) is 3.09. The van der Waals surface area contributed by atoms with Gasteiger partial charge in [-0.25, -0.2) is 9.97 Å². The highest BCUT2D eigenvalue weighted by atomic mass is 15.3.